The summed E-state index contributed by atoms with van der Waals surface area (Å²) in [6.45, 7) is 5.55. The number of hydrogen-bond donors (Lipinski definition) is 5. The minimum Gasteiger partial charge on any atom is -0.465 e. The largest absolute Gasteiger partial charge is 0.465 e. The fraction of sp³-hybridized carbons (Fsp3) is 0.339. The van der Waals surface area contributed by atoms with Crippen molar-refractivity contribution in [3.63, 3.8) is 0 Å². The van der Waals surface area contributed by atoms with Gasteiger partial charge in [-0.15, -0.1) is 0 Å². The van der Waals surface area contributed by atoms with Gasteiger partial charge >= 0.3 is 5.97 Å². The van der Waals surface area contributed by atoms with Crippen molar-refractivity contribution in [2.75, 3.05) is 56.7 Å². The van der Waals surface area contributed by atoms with E-state index in [1.54, 1.807) is 35.6 Å². The molecule has 2 aromatic heterocycles. The van der Waals surface area contributed by atoms with Gasteiger partial charge in [0.1, 0.15) is 18.8 Å². The van der Waals surface area contributed by atoms with Gasteiger partial charge in [-0.25, -0.2) is 0 Å². The van der Waals surface area contributed by atoms with E-state index in [0.29, 0.717) is 56.8 Å². The third-order valence-corrected chi connectivity index (χ3v) is 13.2. The number of benzene rings is 5. The van der Waals surface area contributed by atoms with E-state index in [-0.39, 0.29) is 23.7 Å². The third kappa shape index (κ3) is 17.8. The Hall–Kier alpha value is -7.20. The second-order valence-corrected chi connectivity index (χ2v) is 19.0. The molecule has 5 aromatic carbocycles. The summed E-state index contributed by atoms with van der Waals surface area (Å²) in [5, 5.41) is 27.0. The summed E-state index contributed by atoms with van der Waals surface area (Å²) in [5.41, 5.74) is 8.30. The van der Waals surface area contributed by atoms with Gasteiger partial charge in [0.15, 0.2) is 0 Å². The van der Waals surface area contributed by atoms with Crippen LogP contribution in [0, 0.1) is 0 Å². The Labute approximate surface area is 440 Å². The number of aryl methyl sites for hydroxylation is 2. The number of unbranched alkanes of at least 4 members (excludes halogenated alkanes) is 4. The Bertz CT molecular complexity index is 2910. The summed E-state index contributed by atoms with van der Waals surface area (Å²) >= 11 is 1.71. The zero-order chi connectivity index (χ0) is 52.3. The molecule has 0 unspecified atom stereocenters. The lowest BCUT2D eigenvalue weighted by atomic mass is 9.98. The van der Waals surface area contributed by atoms with E-state index in [1.807, 2.05) is 80.8 Å². The summed E-state index contributed by atoms with van der Waals surface area (Å²) in [7, 11) is 5.55. The van der Waals surface area contributed by atoms with Crippen LogP contribution in [0.25, 0.3) is 32.9 Å². The molecule has 15 heteroatoms. The number of amides is 3. The number of esters is 1. The summed E-state index contributed by atoms with van der Waals surface area (Å²) in [6.07, 6.45) is 8.21. The molecule has 0 radical (unpaired) electrons. The first-order chi connectivity index (χ1) is 36.2. The summed E-state index contributed by atoms with van der Waals surface area (Å²) in [6, 6.07) is 44.5. The van der Waals surface area contributed by atoms with Gasteiger partial charge in [0, 0.05) is 79.8 Å². The number of anilines is 2. The number of thioether (sulfide) groups is 1. The predicted molar refractivity (Wildman–Crippen MR) is 301 cm³/mol. The molecule has 0 aliphatic rings. The van der Waals surface area contributed by atoms with Crippen molar-refractivity contribution in [3.8, 4) is 11.3 Å². The number of para-hydroxylation sites is 1. The number of nitrogens with zero attached hydrogens (tertiary/aromatic N) is 4. The average Bonchev–Trinajstić information content (AvgIpc) is 3.79. The molecular formula is C59H72N9O5S+. The smallest absolute Gasteiger partial charge is 0.305 e. The van der Waals surface area contributed by atoms with Gasteiger partial charge in [-0.2, -0.15) is 26.6 Å². The second-order valence-electron chi connectivity index (χ2n) is 17.9. The van der Waals surface area contributed by atoms with Crippen LogP contribution in [-0.4, -0.2) is 74.3 Å². The molecule has 2 heterocycles. The lowest BCUT2D eigenvalue weighted by Crippen LogP contribution is -2.36. The minimum absolute atomic E-state index is 0.0177. The quantitative estimate of drug-likeness (QED) is 0.0111. The fourth-order valence-corrected chi connectivity index (χ4v) is 9.18. The number of ether oxygens (including phenoxy) is 1. The minimum atomic E-state index is -0.191. The van der Waals surface area contributed by atoms with E-state index in [0.717, 1.165) is 79.1 Å². The molecule has 0 saturated carbocycles. The van der Waals surface area contributed by atoms with Gasteiger partial charge in [0.05, 0.1) is 27.8 Å². The highest BCUT2D eigenvalue weighted by molar-refractivity contribution is 7.98. The van der Waals surface area contributed by atoms with Gasteiger partial charge < -0.3 is 35.9 Å². The molecule has 0 aliphatic carbocycles. The zero-order valence-corrected chi connectivity index (χ0v) is 44.1. The van der Waals surface area contributed by atoms with Gasteiger partial charge in [-0.3, -0.25) is 19.2 Å². The molecular weight excluding hydrogens is 947 g/mol. The van der Waals surface area contributed by atoms with Crippen molar-refractivity contribution in [3.05, 3.63) is 151 Å². The highest BCUT2D eigenvalue weighted by Gasteiger charge is 2.22. The van der Waals surface area contributed by atoms with E-state index in [1.165, 1.54) is 33.1 Å². The molecule has 3 amide bonds. The molecule has 0 fully saturated rings. The van der Waals surface area contributed by atoms with Crippen molar-refractivity contribution in [2.24, 2.45) is 17.3 Å². The molecule has 7 aromatic rings. The van der Waals surface area contributed by atoms with Crippen LogP contribution in [0.4, 0.5) is 22.7 Å². The Morgan fingerprint density at radius 1 is 0.622 bits per heavy atom. The van der Waals surface area contributed by atoms with Crippen LogP contribution in [0.1, 0.15) is 80.8 Å². The molecule has 74 heavy (non-hydrogen) atoms. The first-order valence-electron chi connectivity index (χ1n) is 25.7. The van der Waals surface area contributed by atoms with Gasteiger partial charge in [0.25, 0.3) is 5.91 Å². The van der Waals surface area contributed by atoms with Gasteiger partial charge in [-0.1, -0.05) is 79.6 Å². The van der Waals surface area contributed by atoms with Crippen molar-refractivity contribution < 1.29 is 28.5 Å². The monoisotopic (exact) mass is 1020 g/mol. The van der Waals surface area contributed by atoms with E-state index in [9.17, 15) is 19.2 Å². The first-order valence-corrected chi connectivity index (χ1v) is 26.9. The fourth-order valence-electron chi connectivity index (χ4n) is 8.41. The summed E-state index contributed by atoms with van der Waals surface area (Å²) in [5.74, 6) is 1.16. The zero-order valence-electron chi connectivity index (χ0n) is 43.3. The molecule has 5 N–H and O–H groups in total. The van der Waals surface area contributed by atoms with Crippen LogP contribution >= 0.6 is 11.8 Å². The van der Waals surface area contributed by atoms with Gasteiger partial charge in [0.2, 0.25) is 23.0 Å². The van der Waals surface area contributed by atoms with E-state index >= 15 is 0 Å². The van der Waals surface area contributed by atoms with E-state index < -0.39 is 0 Å². The van der Waals surface area contributed by atoms with Crippen LogP contribution in [0.15, 0.2) is 150 Å². The Morgan fingerprint density at radius 3 is 2.00 bits per heavy atom. The highest BCUT2D eigenvalue weighted by Crippen LogP contribution is 2.33. The molecule has 0 saturated heterocycles. The van der Waals surface area contributed by atoms with Crippen LogP contribution in [-0.2, 0) is 38.5 Å². The van der Waals surface area contributed by atoms with Gasteiger partial charge in [-0.05, 0) is 119 Å². The summed E-state index contributed by atoms with van der Waals surface area (Å²) in [4.78, 5) is 49.1. The van der Waals surface area contributed by atoms with Crippen molar-refractivity contribution in [1.82, 2.24) is 20.5 Å². The number of fused-ring (bicyclic) bond motifs is 3. The number of rotatable bonds is 27. The number of hydrogen-bond acceptors (Lipinski definition) is 10. The number of nitrogens with one attached hydrogen (secondary N) is 5. The van der Waals surface area contributed by atoms with Crippen LogP contribution in [0.5, 0.6) is 0 Å². The molecule has 0 aliphatic heterocycles. The Kier molecular flexibility index (Phi) is 23.3. The predicted octanol–water partition coefficient (Wildman–Crippen LogP) is 11.4. The molecule has 0 spiro atoms. The topological polar surface area (TPSA) is 171 Å². The second kappa shape index (κ2) is 30.7. The first kappa shape index (κ1) is 56.1. The maximum atomic E-state index is 12.6. The molecule has 0 atom stereocenters. The Morgan fingerprint density at radius 2 is 1.27 bits per heavy atom. The molecule has 7 rings (SSSR count). The molecule has 14 nitrogen and oxygen atoms in total. The summed E-state index contributed by atoms with van der Waals surface area (Å²) < 4.78 is 9.44. The normalized spacial score (nSPS) is 11.1. The standard InChI is InChI=1S/C34H46N6O4S.C25H25N3O/c1-35-20-10-4-8-14-32(41)37-30-24-31(40(2)25-30)34(43)36-21-11-5-9-15-33(42)44-22-23-45-26-27-16-18-29(19-17-27)39-38-28-12-6-3-7-13-28;1-3-28-23-12-8-7-11-21(23)20-14-13-19(27-24(29)15-16-26-2)17-22(20)25(28)18-9-5-4-6-10-18/h3,6-7,12-13,16-19,24-25,35H,4-5,8-11,14-15,20-23,26H2,1-2H3,(H,36,43)(H,37,41);4-14,17,26H,3,15-16H2,1-2H3/p+1. The van der Waals surface area contributed by atoms with E-state index in [2.05, 4.69) is 109 Å². The van der Waals surface area contributed by atoms with E-state index in [4.69, 9.17) is 4.74 Å². The van der Waals surface area contributed by atoms with Crippen LogP contribution in [0.3, 0.4) is 0 Å². The highest BCUT2D eigenvalue weighted by atomic mass is 32.2. The maximum Gasteiger partial charge on any atom is 0.305 e. The lowest BCUT2D eigenvalue weighted by Gasteiger charge is -2.13. The number of carbonyl (C=O) groups is 4. The molecule has 0 bridgehead atoms. The number of carbonyl (C=O) groups excluding carboxylic acids is 4. The molecule has 388 valence electrons. The van der Waals surface area contributed by atoms with Crippen molar-refractivity contribution in [1.29, 1.82) is 0 Å². The Balaban J connectivity index is 0.000000263. The number of pyridine rings is 1. The maximum absolute atomic E-state index is 12.6. The average molecular weight is 1020 g/mol. The number of azo groups is 1. The SMILES string of the molecule is CC[n+]1c(-c2ccccc2)c2cc(NC(=O)CCNC)ccc2c2ccccc21.CNCCCCCC(=O)Nc1cc(C(=O)NCCCCCC(=O)OCCSCc2ccc(N=Nc3ccccc3)cc2)n(C)c1. The van der Waals surface area contributed by atoms with Crippen molar-refractivity contribution >= 4 is 79.9 Å². The van der Waals surface area contributed by atoms with Crippen LogP contribution < -0.4 is 31.2 Å². The van der Waals surface area contributed by atoms with Crippen molar-refractivity contribution in [2.45, 2.75) is 77.0 Å². The number of aromatic nitrogens is 2. The third-order valence-electron chi connectivity index (χ3n) is 12.2. The van der Waals surface area contributed by atoms with Crippen LogP contribution in [0.2, 0.25) is 0 Å². The lowest BCUT2D eigenvalue weighted by molar-refractivity contribution is -0.655.